The van der Waals surface area contributed by atoms with Gasteiger partial charge in [-0.3, -0.25) is 9.78 Å². The molecular weight excluding hydrogens is 346 g/mol. The molecule has 5 nitrogen and oxygen atoms in total. The van der Waals surface area contributed by atoms with Crippen molar-refractivity contribution in [1.82, 2.24) is 15.5 Å². The fourth-order valence-electron chi connectivity index (χ4n) is 2.54. The summed E-state index contributed by atoms with van der Waals surface area (Å²) >= 11 is 1.63. The second kappa shape index (κ2) is 7.33. The average molecular weight is 361 g/mol. The van der Waals surface area contributed by atoms with Crippen LogP contribution in [0.2, 0.25) is 0 Å². The van der Waals surface area contributed by atoms with Crippen molar-refractivity contribution in [2.75, 3.05) is 0 Å². The topological polar surface area (TPSA) is 68.0 Å². The van der Waals surface area contributed by atoms with Crippen LogP contribution in [0.4, 0.5) is 0 Å². The minimum absolute atomic E-state index is 0.261. The molecule has 6 heteroatoms. The predicted octanol–water partition coefficient (Wildman–Crippen LogP) is 4.40. The fourth-order valence-corrected chi connectivity index (χ4v) is 3.23. The van der Waals surface area contributed by atoms with Crippen molar-refractivity contribution >= 4 is 17.2 Å². The number of pyridine rings is 1. The monoisotopic (exact) mass is 361 g/mol. The van der Waals surface area contributed by atoms with Gasteiger partial charge in [0, 0.05) is 24.4 Å². The molecule has 1 N–H and O–H groups in total. The van der Waals surface area contributed by atoms with Gasteiger partial charge in [0.25, 0.3) is 5.91 Å². The number of benzene rings is 1. The molecule has 4 rings (SSSR count). The Kier molecular flexibility index (Phi) is 4.57. The lowest BCUT2D eigenvalue weighted by Gasteiger charge is -2.04. The number of carbonyl (C=O) groups is 1. The van der Waals surface area contributed by atoms with Gasteiger partial charge in [-0.25, -0.2) is 0 Å². The van der Waals surface area contributed by atoms with E-state index in [-0.39, 0.29) is 11.6 Å². The van der Waals surface area contributed by atoms with Crippen LogP contribution in [-0.4, -0.2) is 16.0 Å². The Morgan fingerprint density at radius 3 is 2.77 bits per heavy atom. The molecule has 1 amide bonds. The lowest BCUT2D eigenvalue weighted by atomic mass is 10.1. The highest BCUT2D eigenvalue weighted by molar-refractivity contribution is 7.13. The van der Waals surface area contributed by atoms with Crippen LogP contribution in [-0.2, 0) is 6.54 Å². The summed E-state index contributed by atoms with van der Waals surface area (Å²) in [5, 5.41) is 8.75. The van der Waals surface area contributed by atoms with Crippen LogP contribution in [0.25, 0.3) is 21.9 Å². The van der Waals surface area contributed by atoms with Crippen molar-refractivity contribution in [2.24, 2.45) is 0 Å². The molecule has 0 saturated heterocycles. The number of hydrogen-bond acceptors (Lipinski definition) is 5. The maximum atomic E-state index is 12.3. The normalized spacial score (nSPS) is 10.6. The summed E-state index contributed by atoms with van der Waals surface area (Å²) in [5.41, 5.74) is 3.02. The molecule has 0 aliphatic carbocycles. The van der Waals surface area contributed by atoms with Gasteiger partial charge >= 0.3 is 0 Å². The maximum Gasteiger partial charge on any atom is 0.273 e. The van der Waals surface area contributed by atoms with E-state index in [1.807, 2.05) is 60.0 Å². The van der Waals surface area contributed by atoms with E-state index in [0.29, 0.717) is 12.3 Å². The van der Waals surface area contributed by atoms with Crippen molar-refractivity contribution in [3.63, 3.8) is 0 Å². The van der Waals surface area contributed by atoms with Gasteiger partial charge in [-0.2, -0.15) is 0 Å². The van der Waals surface area contributed by atoms with Gasteiger partial charge in [0.15, 0.2) is 11.5 Å². The largest absolute Gasteiger partial charge is 0.355 e. The van der Waals surface area contributed by atoms with E-state index in [1.54, 1.807) is 23.6 Å². The molecule has 1 aromatic carbocycles. The highest BCUT2D eigenvalue weighted by atomic mass is 32.1. The first-order valence-electron chi connectivity index (χ1n) is 8.09. The summed E-state index contributed by atoms with van der Waals surface area (Å²) in [6.45, 7) is 0.396. The smallest absolute Gasteiger partial charge is 0.273 e. The Labute approximate surface area is 154 Å². The second-order valence-corrected chi connectivity index (χ2v) is 6.60. The lowest BCUT2D eigenvalue weighted by molar-refractivity contribution is 0.0942. The van der Waals surface area contributed by atoms with Gasteiger partial charge < -0.3 is 9.84 Å². The van der Waals surface area contributed by atoms with Crippen molar-refractivity contribution in [3.05, 3.63) is 83.5 Å². The first kappa shape index (κ1) is 16.2. The van der Waals surface area contributed by atoms with Crippen molar-refractivity contribution in [3.8, 4) is 21.9 Å². The quantitative estimate of drug-likeness (QED) is 0.572. The number of nitrogens with zero attached hydrogens (tertiary/aromatic N) is 2. The number of amides is 1. The number of thiophene rings is 1. The zero-order valence-electron chi connectivity index (χ0n) is 13.8. The number of rotatable bonds is 5. The minimum Gasteiger partial charge on any atom is -0.355 e. The first-order chi connectivity index (χ1) is 12.8. The van der Waals surface area contributed by atoms with Crippen LogP contribution in [0.1, 0.15) is 16.1 Å². The second-order valence-electron chi connectivity index (χ2n) is 5.65. The maximum absolute atomic E-state index is 12.3. The van der Waals surface area contributed by atoms with Gasteiger partial charge in [-0.05, 0) is 29.1 Å². The van der Waals surface area contributed by atoms with Crippen LogP contribution < -0.4 is 5.32 Å². The highest BCUT2D eigenvalue weighted by Gasteiger charge is 2.13. The van der Waals surface area contributed by atoms with E-state index < -0.39 is 0 Å². The lowest BCUT2D eigenvalue weighted by Crippen LogP contribution is -2.23. The summed E-state index contributed by atoms with van der Waals surface area (Å²) < 4.78 is 5.27. The summed E-state index contributed by atoms with van der Waals surface area (Å²) in [5.74, 6) is 0.296. The molecule has 3 heterocycles. The molecule has 0 spiro atoms. The fraction of sp³-hybridized carbons (Fsp3) is 0.0500. The molecule has 128 valence electrons. The molecule has 0 radical (unpaired) electrons. The number of hydrogen-bond donors (Lipinski definition) is 1. The molecule has 0 atom stereocenters. The van der Waals surface area contributed by atoms with Crippen molar-refractivity contribution in [1.29, 1.82) is 0 Å². The Bertz CT molecular complexity index is 1010. The van der Waals surface area contributed by atoms with E-state index in [4.69, 9.17) is 4.52 Å². The third-order valence-corrected chi connectivity index (χ3v) is 4.74. The van der Waals surface area contributed by atoms with Gasteiger partial charge in [0.05, 0.1) is 10.6 Å². The third kappa shape index (κ3) is 3.55. The molecule has 0 aliphatic heterocycles. The predicted molar refractivity (Wildman–Crippen MR) is 101 cm³/mol. The summed E-state index contributed by atoms with van der Waals surface area (Å²) in [6, 6.07) is 19.1. The van der Waals surface area contributed by atoms with Crippen LogP contribution in [0, 0.1) is 0 Å². The molecule has 0 aliphatic rings. The van der Waals surface area contributed by atoms with Gasteiger partial charge in [-0.1, -0.05) is 41.6 Å². The summed E-state index contributed by atoms with van der Waals surface area (Å²) in [4.78, 5) is 17.8. The highest BCUT2D eigenvalue weighted by Crippen LogP contribution is 2.23. The van der Waals surface area contributed by atoms with Crippen LogP contribution in [0.15, 0.2) is 76.8 Å². The molecule has 0 bridgehead atoms. The molecule has 0 saturated carbocycles. The van der Waals surface area contributed by atoms with Crippen molar-refractivity contribution < 1.29 is 9.32 Å². The van der Waals surface area contributed by atoms with Gasteiger partial charge in [-0.15, -0.1) is 11.3 Å². The van der Waals surface area contributed by atoms with E-state index in [9.17, 15) is 4.79 Å². The van der Waals surface area contributed by atoms with Crippen LogP contribution >= 0.6 is 11.3 Å². The Morgan fingerprint density at radius 2 is 1.96 bits per heavy atom. The molecule has 26 heavy (non-hydrogen) atoms. The van der Waals surface area contributed by atoms with E-state index in [2.05, 4.69) is 15.5 Å². The third-order valence-electron chi connectivity index (χ3n) is 3.85. The number of nitrogens with one attached hydrogen (secondary N) is 1. The first-order valence-corrected chi connectivity index (χ1v) is 8.97. The van der Waals surface area contributed by atoms with E-state index in [0.717, 1.165) is 21.7 Å². The van der Waals surface area contributed by atoms with Crippen molar-refractivity contribution in [2.45, 2.75) is 6.54 Å². The van der Waals surface area contributed by atoms with E-state index >= 15 is 0 Å². The SMILES string of the molecule is O=C(NCc1ccnc(-c2cccs2)c1)c1cc(-c2ccccc2)on1. The average Bonchev–Trinajstić information content (AvgIpc) is 3.39. The summed E-state index contributed by atoms with van der Waals surface area (Å²) in [7, 11) is 0. The molecule has 3 aromatic heterocycles. The number of carbonyl (C=O) groups excluding carboxylic acids is 1. The van der Waals surface area contributed by atoms with Gasteiger partial charge in [0.2, 0.25) is 0 Å². The standard InChI is InChI=1S/C20H15N3O2S/c24-20(17-12-18(25-23-17)15-5-2-1-3-6-15)22-13-14-8-9-21-16(11-14)19-7-4-10-26-19/h1-12H,13H2,(H,22,24). The Balaban J connectivity index is 1.43. The van der Waals surface area contributed by atoms with Crippen LogP contribution in [0.3, 0.4) is 0 Å². The van der Waals surface area contributed by atoms with Gasteiger partial charge in [0.1, 0.15) is 0 Å². The van der Waals surface area contributed by atoms with E-state index in [1.165, 1.54) is 0 Å². The number of aromatic nitrogens is 2. The summed E-state index contributed by atoms with van der Waals surface area (Å²) in [6.07, 6.45) is 1.75. The molecule has 0 unspecified atom stereocenters. The molecule has 0 fully saturated rings. The Morgan fingerprint density at radius 1 is 1.08 bits per heavy atom. The molecular formula is C20H15N3O2S. The molecule has 4 aromatic rings. The zero-order valence-corrected chi connectivity index (χ0v) is 14.6. The minimum atomic E-state index is -0.273. The van der Waals surface area contributed by atoms with Crippen LogP contribution in [0.5, 0.6) is 0 Å². The zero-order chi connectivity index (χ0) is 17.8. The Hall–Kier alpha value is -3.25.